The van der Waals surface area contributed by atoms with Gasteiger partial charge in [-0.05, 0) is 52.9 Å². The van der Waals surface area contributed by atoms with Crippen molar-refractivity contribution in [1.82, 2.24) is 0 Å². The van der Waals surface area contributed by atoms with E-state index in [0.29, 0.717) is 3.57 Å². The zero-order chi connectivity index (χ0) is 15.3. The third kappa shape index (κ3) is 2.60. The number of hydrogen-bond acceptors (Lipinski definition) is 6. The molecule has 110 valence electrons. The van der Waals surface area contributed by atoms with Gasteiger partial charge in [0.15, 0.2) is 11.5 Å². The second kappa shape index (κ2) is 4.85. The van der Waals surface area contributed by atoms with Crippen LogP contribution in [-0.4, -0.2) is 16.8 Å². The fourth-order valence-electron chi connectivity index (χ4n) is 1.81. The molecule has 6 nitrogen and oxygen atoms in total. The van der Waals surface area contributed by atoms with Crippen molar-refractivity contribution < 1.29 is 25.2 Å². The van der Waals surface area contributed by atoms with Crippen LogP contribution < -0.4 is 8.37 Å². The summed E-state index contributed by atoms with van der Waals surface area (Å²) >= 11 is 1.92. The summed E-state index contributed by atoms with van der Waals surface area (Å²) in [7, 11) is -8.35. The van der Waals surface area contributed by atoms with Crippen LogP contribution in [0.5, 0.6) is 11.5 Å². The molecule has 0 spiro atoms. The second-order valence-corrected chi connectivity index (χ2v) is 8.39. The predicted molar refractivity (Wildman–Crippen MR) is 81.2 cm³/mol. The van der Waals surface area contributed by atoms with Gasteiger partial charge < -0.3 is 8.37 Å². The Morgan fingerprint density at radius 2 is 1.33 bits per heavy atom. The second-order valence-electron chi connectivity index (χ2n) is 4.11. The monoisotopic (exact) mass is 438 g/mol. The number of benzene rings is 2. The first-order chi connectivity index (χ1) is 9.79. The molecule has 0 N–H and O–H groups in total. The molecular formula is C12H7IO6S2. The molecule has 3 rings (SSSR count). The number of halogens is 1. The Bertz CT molecular complexity index is 934. The van der Waals surface area contributed by atoms with Crippen molar-refractivity contribution in [2.75, 3.05) is 0 Å². The van der Waals surface area contributed by atoms with Crippen LogP contribution >= 0.6 is 22.6 Å². The van der Waals surface area contributed by atoms with Crippen LogP contribution in [0.2, 0.25) is 0 Å². The summed E-state index contributed by atoms with van der Waals surface area (Å²) < 4.78 is 59.5. The smallest absolute Gasteiger partial charge is 0.343 e. The lowest BCUT2D eigenvalue weighted by atomic mass is 10.3. The van der Waals surface area contributed by atoms with Crippen molar-refractivity contribution in [2.45, 2.75) is 9.79 Å². The lowest BCUT2D eigenvalue weighted by Crippen LogP contribution is -2.20. The summed E-state index contributed by atoms with van der Waals surface area (Å²) in [5, 5.41) is 0. The van der Waals surface area contributed by atoms with Crippen molar-refractivity contribution in [2.24, 2.45) is 0 Å². The molecule has 0 aliphatic carbocycles. The van der Waals surface area contributed by atoms with Gasteiger partial charge in [0.1, 0.15) is 9.79 Å². The van der Waals surface area contributed by atoms with E-state index >= 15 is 0 Å². The third-order valence-corrected chi connectivity index (χ3v) is 5.91. The zero-order valence-corrected chi connectivity index (χ0v) is 14.0. The molecular weight excluding hydrogens is 431 g/mol. The highest BCUT2D eigenvalue weighted by Crippen LogP contribution is 2.36. The third-order valence-electron chi connectivity index (χ3n) is 2.69. The molecule has 0 fully saturated rings. The molecule has 0 saturated heterocycles. The Kier molecular flexibility index (Phi) is 3.37. The van der Waals surface area contributed by atoms with E-state index in [1.54, 1.807) is 0 Å². The summed E-state index contributed by atoms with van der Waals surface area (Å²) in [6, 6.07) is 9.49. The van der Waals surface area contributed by atoms with Crippen LogP contribution in [0.1, 0.15) is 0 Å². The molecule has 0 unspecified atom stereocenters. The Morgan fingerprint density at radius 1 is 0.762 bits per heavy atom. The Balaban J connectivity index is 2.34. The van der Waals surface area contributed by atoms with E-state index in [1.165, 1.54) is 42.5 Å². The molecule has 21 heavy (non-hydrogen) atoms. The van der Waals surface area contributed by atoms with Crippen molar-refractivity contribution >= 4 is 42.8 Å². The van der Waals surface area contributed by atoms with E-state index in [-0.39, 0.29) is 21.3 Å². The predicted octanol–water partition coefficient (Wildman–Crippen LogP) is 2.14. The summed E-state index contributed by atoms with van der Waals surface area (Å²) in [5.41, 5.74) is 0. The van der Waals surface area contributed by atoms with E-state index in [1.807, 2.05) is 22.6 Å². The van der Waals surface area contributed by atoms with E-state index in [9.17, 15) is 16.8 Å². The van der Waals surface area contributed by atoms with E-state index < -0.39 is 20.2 Å². The molecule has 0 bridgehead atoms. The van der Waals surface area contributed by atoms with E-state index in [2.05, 4.69) is 0 Å². The molecule has 9 heteroatoms. The summed E-state index contributed by atoms with van der Waals surface area (Å²) in [4.78, 5) is -0.668. The number of hydrogen-bond donors (Lipinski definition) is 0. The van der Waals surface area contributed by atoms with Crippen LogP contribution in [0.25, 0.3) is 0 Å². The minimum absolute atomic E-state index is 0.281. The van der Waals surface area contributed by atoms with Gasteiger partial charge in [0.05, 0.1) is 0 Å². The Hall–Kier alpha value is -1.33. The molecule has 0 radical (unpaired) electrons. The maximum absolute atomic E-state index is 12.2. The molecule has 0 saturated carbocycles. The van der Waals surface area contributed by atoms with Crippen LogP contribution in [0.15, 0.2) is 52.3 Å². The molecule has 0 atom stereocenters. The lowest BCUT2D eigenvalue weighted by molar-refractivity contribution is 0.443. The van der Waals surface area contributed by atoms with Gasteiger partial charge >= 0.3 is 20.2 Å². The fraction of sp³-hybridized carbons (Fsp3) is 0. The van der Waals surface area contributed by atoms with Gasteiger partial charge in [0.2, 0.25) is 0 Å². The standard InChI is InChI=1S/C12H7IO6S2/c13-8-5-6-12-10(7-8)19-20(14,15)11-4-2-1-3-9(11)18-21(12,16)17/h1-7H. The molecule has 2 aromatic carbocycles. The van der Waals surface area contributed by atoms with Crippen LogP contribution in [0.3, 0.4) is 0 Å². The normalized spacial score (nSPS) is 18.1. The van der Waals surface area contributed by atoms with Gasteiger partial charge in [0.25, 0.3) is 0 Å². The van der Waals surface area contributed by atoms with E-state index in [4.69, 9.17) is 8.37 Å². The van der Waals surface area contributed by atoms with Gasteiger partial charge in [-0.1, -0.05) is 12.1 Å². The minimum atomic E-state index is -4.17. The number of para-hydroxylation sites is 1. The highest BCUT2D eigenvalue weighted by molar-refractivity contribution is 14.1. The minimum Gasteiger partial charge on any atom is -0.377 e. The first-order valence-corrected chi connectivity index (χ1v) is 9.47. The van der Waals surface area contributed by atoms with Gasteiger partial charge in [-0.2, -0.15) is 16.8 Å². The summed E-state index contributed by atoms with van der Waals surface area (Å²) in [5.74, 6) is -0.571. The maximum Gasteiger partial charge on any atom is 0.343 e. The Morgan fingerprint density at radius 3 is 2.05 bits per heavy atom. The highest BCUT2D eigenvalue weighted by atomic mass is 127. The Labute approximate surface area is 135 Å². The van der Waals surface area contributed by atoms with Crippen LogP contribution in [-0.2, 0) is 20.2 Å². The van der Waals surface area contributed by atoms with Crippen molar-refractivity contribution in [3.05, 3.63) is 46.0 Å². The fourth-order valence-corrected chi connectivity index (χ4v) is 4.49. The molecule has 0 amide bonds. The molecule has 1 heterocycles. The number of fused-ring (bicyclic) bond motifs is 2. The van der Waals surface area contributed by atoms with Crippen molar-refractivity contribution in [3.8, 4) is 11.5 Å². The van der Waals surface area contributed by atoms with Crippen molar-refractivity contribution in [1.29, 1.82) is 0 Å². The zero-order valence-electron chi connectivity index (χ0n) is 10.2. The molecule has 2 aromatic rings. The van der Waals surface area contributed by atoms with Crippen LogP contribution in [0, 0.1) is 3.57 Å². The summed E-state index contributed by atoms with van der Waals surface area (Å²) in [6.45, 7) is 0. The largest absolute Gasteiger partial charge is 0.377 e. The van der Waals surface area contributed by atoms with Gasteiger partial charge in [-0.15, -0.1) is 0 Å². The van der Waals surface area contributed by atoms with Crippen molar-refractivity contribution in [3.63, 3.8) is 0 Å². The van der Waals surface area contributed by atoms with Crippen LogP contribution in [0.4, 0.5) is 0 Å². The summed E-state index contributed by atoms with van der Waals surface area (Å²) in [6.07, 6.45) is 0. The van der Waals surface area contributed by atoms with Gasteiger partial charge in [0, 0.05) is 3.57 Å². The molecule has 1 aliphatic heterocycles. The topological polar surface area (TPSA) is 86.7 Å². The van der Waals surface area contributed by atoms with E-state index in [0.717, 1.165) is 0 Å². The average Bonchev–Trinajstić information content (AvgIpc) is 2.36. The maximum atomic E-state index is 12.2. The highest BCUT2D eigenvalue weighted by Gasteiger charge is 2.33. The van der Waals surface area contributed by atoms with Gasteiger partial charge in [-0.3, -0.25) is 0 Å². The molecule has 0 aromatic heterocycles. The quantitative estimate of drug-likeness (QED) is 0.463. The van der Waals surface area contributed by atoms with Gasteiger partial charge in [-0.25, -0.2) is 0 Å². The first-order valence-electron chi connectivity index (χ1n) is 5.57. The number of rotatable bonds is 0. The molecule has 1 aliphatic rings. The average molecular weight is 438 g/mol. The lowest BCUT2D eigenvalue weighted by Gasteiger charge is -2.18. The first kappa shape index (κ1) is 14.6. The SMILES string of the molecule is O=S1(=O)Oc2cc(I)ccc2S(=O)(=O)Oc2ccccc21.